The summed E-state index contributed by atoms with van der Waals surface area (Å²) in [5.41, 5.74) is 2.74. The standard InChI is InChI=1S/C45H66N8O11/c1-45(2,3)38(51-41(58)31(20-11-12-21-34(55)64-4)49-40(57)29-22-32(53(62)63)42(59)48-23-29)44(61)52-25-28-18-13-19-30(28)37(52)33(54)24-47-36(27-16-9-6-10-17-27)43(60)50-35(39(46)56)26-14-7-5-8-15-26/h12,21-23,26-28,30-31,35-38,47H,5-11,13-20,24-25H2,1-4H3,(H2,46,56)(H,48,59)(H,49,57)(H,50,60)(H,51,58)/b21-12+/t28-,30-,31-,35-,36-,37-,38+/m0/s1. The molecule has 19 heteroatoms. The van der Waals surface area contributed by atoms with Crippen molar-refractivity contribution in [2.24, 2.45) is 34.8 Å². The SMILES string of the molecule is COC(=O)/C=C/CC[C@H](NC(=O)c1c[nH]c(=O)c([N+](=O)[O-])c1)C(=O)N[C@H](C(=O)N1C[C@@H]2CCC[C@@H]2[C@H]1C(=O)CN[C@H](C(=O)N[C@H](C(N)=O)C1CCCCC1)C1CCCCC1)C(C)(C)C. The summed E-state index contributed by atoms with van der Waals surface area (Å²) in [5, 5.41) is 23.1. The molecule has 3 aliphatic carbocycles. The number of amides is 5. The van der Waals surface area contributed by atoms with Crippen LogP contribution in [0.1, 0.15) is 127 Å². The lowest BCUT2D eigenvalue weighted by Crippen LogP contribution is -2.61. The van der Waals surface area contributed by atoms with Crippen molar-refractivity contribution in [1.82, 2.24) is 31.2 Å². The number of aromatic nitrogens is 1. The Morgan fingerprint density at radius 1 is 0.906 bits per heavy atom. The van der Waals surface area contributed by atoms with Crippen molar-refractivity contribution in [3.8, 4) is 0 Å². The van der Waals surface area contributed by atoms with E-state index >= 15 is 0 Å². The van der Waals surface area contributed by atoms with E-state index in [0.717, 1.165) is 102 Å². The maximum Gasteiger partial charge on any atom is 0.334 e. The molecule has 1 saturated heterocycles. The van der Waals surface area contributed by atoms with Gasteiger partial charge in [0.2, 0.25) is 23.6 Å². The van der Waals surface area contributed by atoms with E-state index in [4.69, 9.17) is 5.73 Å². The monoisotopic (exact) mass is 894 g/mol. The van der Waals surface area contributed by atoms with Gasteiger partial charge in [-0.05, 0) is 80.5 Å². The summed E-state index contributed by atoms with van der Waals surface area (Å²) in [6, 6.07) is -4.12. The van der Waals surface area contributed by atoms with Gasteiger partial charge in [0.05, 0.1) is 36.2 Å². The van der Waals surface area contributed by atoms with E-state index in [0.29, 0.717) is 6.54 Å². The molecule has 0 aromatic carbocycles. The molecule has 0 spiro atoms. The number of methoxy groups -OCH3 is 1. The molecule has 64 heavy (non-hydrogen) atoms. The molecule has 19 nitrogen and oxygen atoms in total. The zero-order chi connectivity index (χ0) is 46.7. The number of rotatable bonds is 19. The second kappa shape index (κ2) is 22.4. The first kappa shape index (κ1) is 49.6. The Kier molecular flexibility index (Phi) is 17.4. The highest BCUT2D eigenvalue weighted by atomic mass is 16.6. The Hall–Kier alpha value is -5.46. The van der Waals surface area contributed by atoms with Crippen LogP contribution in [0.3, 0.4) is 0 Å². The molecular weight excluding hydrogens is 829 g/mol. The smallest absolute Gasteiger partial charge is 0.334 e. The van der Waals surface area contributed by atoms with Gasteiger partial charge in [-0.25, -0.2) is 4.79 Å². The van der Waals surface area contributed by atoms with Gasteiger partial charge in [0.15, 0.2) is 5.78 Å². The molecule has 1 aromatic rings. The maximum atomic E-state index is 14.9. The number of ether oxygens (including phenoxy) is 1. The molecule has 4 aliphatic rings. The van der Waals surface area contributed by atoms with Crippen molar-refractivity contribution >= 4 is 47.0 Å². The number of esters is 1. The summed E-state index contributed by atoms with van der Waals surface area (Å²) in [4.78, 5) is 122. The quantitative estimate of drug-likeness (QED) is 0.0506. The molecule has 0 unspecified atom stereocenters. The molecule has 5 rings (SSSR count). The Labute approximate surface area is 373 Å². The van der Waals surface area contributed by atoms with Crippen LogP contribution in [0.4, 0.5) is 5.69 Å². The molecular formula is C45H66N8O11. The molecule has 1 aliphatic heterocycles. The van der Waals surface area contributed by atoms with Crippen LogP contribution < -0.4 is 32.6 Å². The van der Waals surface area contributed by atoms with Gasteiger partial charge in [-0.2, -0.15) is 0 Å². The van der Waals surface area contributed by atoms with Crippen LogP contribution in [0.5, 0.6) is 0 Å². The number of nitrogens with one attached hydrogen (secondary N) is 5. The fourth-order valence-corrected chi connectivity index (χ4v) is 10.1. The lowest BCUT2D eigenvalue weighted by molar-refractivity contribution is -0.386. The Balaban J connectivity index is 1.36. The van der Waals surface area contributed by atoms with Crippen LogP contribution in [0.15, 0.2) is 29.2 Å². The van der Waals surface area contributed by atoms with Crippen LogP contribution in [0.2, 0.25) is 0 Å². The Morgan fingerprint density at radius 3 is 2.14 bits per heavy atom. The minimum atomic E-state index is -1.33. The van der Waals surface area contributed by atoms with E-state index in [1.807, 2.05) is 0 Å². The van der Waals surface area contributed by atoms with E-state index in [9.17, 15) is 48.5 Å². The number of hydrogen-bond donors (Lipinski definition) is 6. The molecule has 3 saturated carbocycles. The number of likely N-dealkylation sites (tertiary alicyclic amines) is 1. The van der Waals surface area contributed by atoms with E-state index in [1.165, 1.54) is 13.2 Å². The molecule has 0 radical (unpaired) electrons. The number of nitrogens with zero attached hydrogens (tertiary/aromatic N) is 2. The highest BCUT2D eigenvalue weighted by Crippen LogP contribution is 2.43. The highest BCUT2D eigenvalue weighted by Gasteiger charge is 2.52. The fraction of sp³-hybridized carbons (Fsp3) is 0.689. The van der Waals surface area contributed by atoms with E-state index < -0.39 is 81.4 Å². The number of primary amides is 1. The number of nitrogens with two attached hydrogens (primary N) is 1. The van der Waals surface area contributed by atoms with Crippen molar-refractivity contribution in [3.63, 3.8) is 0 Å². The molecule has 7 N–H and O–H groups in total. The van der Waals surface area contributed by atoms with Crippen LogP contribution in [0, 0.1) is 39.2 Å². The van der Waals surface area contributed by atoms with Crippen molar-refractivity contribution in [2.45, 2.75) is 147 Å². The summed E-state index contributed by atoms with van der Waals surface area (Å²) >= 11 is 0. The van der Waals surface area contributed by atoms with Crippen LogP contribution >= 0.6 is 0 Å². The average Bonchev–Trinajstić information content (AvgIpc) is 3.87. The highest BCUT2D eigenvalue weighted by molar-refractivity contribution is 5.99. The third-order valence-electron chi connectivity index (χ3n) is 13.6. The molecule has 2 heterocycles. The lowest BCUT2D eigenvalue weighted by atomic mass is 9.81. The predicted octanol–water partition coefficient (Wildman–Crippen LogP) is 2.71. The van der Waals surface area contributed by atoms with Gasteiger partial charge in [-0.15, -0.1) is 0 Å². The third kappa shape index (κ3) is 12.6. The fourth-order valence-electron chi connectivity index (χ4n) is 10.1. The molecule has 352 valence electrons. The number of carbonyl (C=O) groups is 7. The first-order chi connectivity index (χ1) is 30.4. The lowest BCUT2D eigenvalue weighted by Gasteiger charge is -2.37. The van der Waals surface area contributed by atoms with Gasteiger partial charge >= 0.3 is 17.2 Å². The third-order valence-corrected chi connectivity index (χ3v) is 13.6. The Bertz CT molecular complexity index is 1980. The summed E-state index contributed by atoms with van der Waals surface area (Å²) in [5.74, 6) is -4.19. The van der Waals surface area contributed by atoms with Crippen molar-refractivity contribution in [3.05, 3.63) is 50.4 Å². The van der Waals surface area contributed by atoms with Crippen LogP contribution in [0.25, 0.3) is 0 Å². The van der Waals surface area contributed by atoms with E-state index in [1.54, 1.807) is 25.7 Å². The number of Topliss-reactive ketones (excluding diaryl/α,β-unsaturated/α-hetero) is 1. The first-order valence-corrected chi connectivity index (χ1v) is 22.8. The largest absolute Gasteiger partial charge is 0.466 e. The zero-order valence-electron chi connectivity index (χ0n) is 37.5. The number of pyridine rings is 1. The van der Waals surface area contributed by atoms with Gasteiger partial charge in [0, 0.05) is 24.9 Å². The number of hydrogen-bond acceptors (Lipinski definition) is 12. The van der Waals surface area contributed by atoms with Crippen molar-refractivity contribution < 1.29 is 43.2 Å². The number of allylic oxidation sites excluding steroid dienone is 1. The topological polar surface area (TPSA) is 282 Å². The molecule has 0 bridgehead atoms. The van der Waals surface area contributed by atoms with Gasteiger partial charge < -0.3 is 36.3 Å². The van der Waals surface area contributed by atoms with Crippen LogP contribution in [-0.4, -0.2) is 107 Å². The summed E-state index contributed by atoms with van der Waals surface area (Å²) in [6.45, 7) is 5.38. The van der Waals surface area contributed by atoms with Crippen LogP contribution in [-0.2, 0) is 33.5 Å². The summed E-state index contributed by atoms with van der Waals surface area (Å²) < 4.78 is 4.63. The number of aromatic amines is 1. The number of nitro groups is 1. The molecule has 4 fully saturated rings. The zero-order valence-corrected chi connectivity index (χ0v) is 37.5. The van der Waals surface area contributed by atoms with Crippen molar-refractivity contribution in [2.75, 3.05) is 20.2 Å². The summed E-state index contributed by atoms with van der Waals surface area (Å²) in [6.07, 6.45) is 15.1. The van der Waals surface area contributed by atoms with Gasteiger partial charge in [0.1, 0.15) is 18.1 Å². The Morgan fingerprint density at radius 2 is 1.55 bits per heavy atom. The second-order valence-electron chi connectivity index (χ2n) is 19.0. The predicted molar refractivity (Wildman–Crippen MR) is 234 cm³/mol. The maximum absolute atomic E-state index is 14.9. The molecule has 5 amide bonds. The van der Waals surface area contributed by atoms with Gasteiger partial charge in [-0.3, -0.25) is 49.0 Å². The second-order valence-corrected chi connectivity index (χ2v) is 19.0. The minimum Gasteiger partial charge on any atom is -0.466 e. The first-order valence-electron chi connectivity index (χ1n) is 22.8. The molecule has 1 aromatic heterocycles. The van der Waals surface area contributed by atoms with E-state index in [-0.39, 0.29) is 60.3 Å². The van der Waals surface area contributed by atoms with E-state index in [2.05, 4.69) is 31.0 Å². The number of ketones is 1. The number of H-pyrrole nitrogens is 1. The normalized spacial score (nSPS) is 22.4. The van der Waals surface area contributed by atoms with Crippen molar-refractivity contribution in [1.29, 1.82) is 0 Å². The van der Waals surface area contributed by atoms with Gasteiger partial charge in [-0.1, -0.05) is 71.8 Å². The molecule has 7 atom stereocenters. The van der Waals surface area contributed by atoms with Gasteiger partial charge in [0.25, 0.3) is 5.91 Å². The summed E-state index contributed by atoms with van der Waals surface area (Å²) in [7, 11) is 1.20. The number of carbonyl (C=O) groups excluding carboxylic acids is 7. The number of fused-ring (bicyclic) bond motifs is 1. The minimum absolute atomic E-state index is 0.0490. The average molecular weight is 895 g/mol.